The van der Waals surface area contributed by atoms with E-state index in [1.165, 1.54) is 18.0 Å². The Hall–Kier alpha value is -5.43. The van der Waals surface area contributed by atoms with Crippen molar-refractivity contribution in [2.45, 2.75) is 12.5 Å². The highest BCUT2D eigenvalue weighted by molar-refractivity contribution is 5.96. The highest BCUT2D eigenvalue weighted by atomic mass is 16.4. The van der Waals surface area contributed by atoms with E-state index in [1.807, 2.05) is 85.2 Å². The second-order valence-corrected chi connectivity index (χ2v) is 9.98. The summed E-state index contributed by atoms with van der Waals surface area (Å²) in [6.07, 6.45) is 7.00. The third-order valence-corrected chi connectivity index (χ3v) is 7.38. The van der Waals surface area contributed by atoms with Crippen LogP contribution in [0.25, 0.3) is 44.7 Å². The molecule has 0 saturated carbocycles. The minimum atomic E-state index is -1.06. The van der Waals surface area contributed by atoms with Crippen LogP contribution in [0.15, 0.2) is 116 Å². The first-order valence-corrected chi connectivity index (χ1v) is 13.3. The summed E-state index contributed by atoms with van der Waals surface area (Å²) >= 11 is 0. The fraction of sp³-hybridized carbons (Fsp3) is 0.0882. The lowest BCUT2D eigenvalue weighted by Gasteiger charge is -2.23. The third-order valence-electron chi connectivity index (χ3n) is 7.38. The van der Waals surface area contributed by atoms with E-state index in [9.17, 15) is 14.7 Å². The van der Waals surface area contributed by atoms with E-state index >= 15 is 0 Å². The summed E-state index contributed by atoms with van der Waals surface area (Å²) in [5, 5.41) is 18.0. The maximum absolute atomic E-state index is 13.3. The van der Waals surface area contributed by atoms with Crippen LogP contribution in [0, 0.1) is 0 Å². The average Bonchev–Trinajstić information content (AvgIpc) is 3.63. The normalized spacial score (nSPS) is 12.2. The Kier molecular flexibility index (Phi) is 6.92. The highest BCUT2D eigenvalue weighted by Gasteiger charge is 2.27. The number of rotatable bonds is 8. The first-order chi connectivity index (χ1) is 20.0. The van der Waals surface area contributed by atoms with Crippen molar-refractivity contribution in [2.24, 2.45) is 0 Å². The third kappa shape index (κ3) is 5.25. The van der Waals surface area contributed by atoms with Gasteiger partial charge in [-0.2, -0.15) is 5.10 Å². The fourth-order valence-corrected chi connectivity index (χ4v) is 5.11. The predicted octanol–water partition coefficient (Wildman–Crippen LogP) is 6.34. The van der Waals surface area contributed by atoms with Gasteiger partial charge in [0.1, 0.15) is 6.04 Å². The van der Waals surface area contributed by atoms with Crippen molar-refractivity contribution in [3.05, 3.63) is 127 Å². The summed E-state index contributed by atoms with van der Waals surface area (Å²) in [5.74, 6) is -1.47. The van der Waals surface area contributed by atoms with Gasteiger partial charge in [-0.05, 0) is 46.7 Å². The number of likely N-dealkylation sites (N-methyl/N-ethyl adjacent to an activating group) is 1. The molecule has 41 heavy (non-hydrogen) atoms. The standard InChI is InChI=1S/C34H28N4O3/c1-37(31(34(40)41)20-27-21-35-30-14-8-7-13-29(27)30)32(39)18-17-26-22-38(28-11-3-2-4-12-28)36-33(26)25-16-15-23-9-5-6-10-24(23)19-25/h2-19,21-22,31,35H,20H2,1H3,(H,40,41)/b18-17+/t31-/m1/s1. The van der Waals surface area contributed by atoms with Crippen molar-refractivity contribution in [1.29, 1.82) is 0 Å². The van der Waals surface area contributed by atoms with Gasteiger partial charge in [-0.25, -0.2) is 9.48 Å². The van der Waals surface area contributed by atoms with Crippen molar-refractivity contribution in [3.8, 4) is 16.9 Å². The summed E-state index contributed by atoms with van der Waals surface area (Å²) in [7, 11) is 1.53. The number of nitrogens with zero attached hydrogens (tertiary/aromatic N) is 3. The zero-order valence-electron chi connectivity index (χ0n) is 22.4. The van der Waals surface area contributed by atoms with E-state index < -0.39 is 17.9 Å². The number of para-hydroxylation sites is 2. The Morgan fingerprint density at radius 3 is 2.49 bits per heavy atom. The monoisotopic (exact) mass is 540 g/mol. The molecule has 2 N–H and O–H groups in total. The number of carbonyl (C=O) groups excluding carboxylic acids is 1. The topological polar surface area (TPSA) is 91.2 Å². The lowest BCUT2D eigenvalue weighted by Crippen LogP contribution is -2.43. The number of aromatic amines is 1. The number of hydrogen-bond acceptors (Lipinski definition) is 3. The van der Waals surface area contributed by atoms with E-state index in [4.69, 9.17) is 5.10 Å². The molecule has 0 unspecified atom stereocenters. The van der Waals surface area contributed by atoms with Gasteiger partial charge in [0.15, 0.2) is 0 Å². The largest absolute Gasteiger partial charge is 0.480 e. The summed E-state index contributed by atoms with van der Waals surface area (Å²) in [6.45, 7) is 0. The number of carboxylic acids is 1. The van der Waals surface area contributed by atoms with Crippen molar-refractivity contribution in [3.63, 3.8) is 0 Å². The van der Waals surface area contributed by atoms with Crippen LogP contribution in [0.3, 0.4) is 0 Å². The number of carbonyl (C=O) groups is 2. The average molecular weight is 541 g/mol. The number of amides is 1. The lowest BCUT2D eigenvalue weighted by molar-refractivity contribution is -0.147. The second kappa shape index (κ2) is 11.0. The molecule has 6 rings (SSSR count). The molecule has 0 aliphatic rings. The number of carboxylic acid groups (broad SMARTS) is 1. The Balaban J connectivity index is 1.31. The quantitative estimate of drug-likeness (QED) is 0.220. The number of H-pyrrole nitrogens is 1. The molecular weight excluding hydrogens is 512 g/mol. The molecule has 1 amide bonds. The first kappa shape index (κ1) is 25.8. The molecule has 2 heterocycles. The minimum absolute atomic E-state index is 0.184. The van der Waals surface area contributed by atoms with Gasteiger partial charge in [-0.1, -0.05) is 72.8 Å². The van der Waals surface area contributed by atoms with Crippen LogP contribution in [-0.4, -0.2) is 49.7 Å². The van der Waals surface area contributed by atoms with Crippen LogP contribution in [-0.2, 0) is 16.0 Å². The Labute approximate surface area is 237 Å². The molecule has 1 atom stereocenters. The summed E-state index contributed by atoms with van der Waals surface area (Å²) < 4.78 is 1.79. The number of aliphatic carboxylic acids is 1. The zero-order chi connectivity index (χ0) is 28.3. The van der Waals surface area contributed by atoms with E-state index in [2.05, 4.69) is 29.2 Å². The van der Waals surface area contributed by atoms with E-state index in [0.29, 0.717) is 0 Å². The van der Waals surface area contributed by atoms with Crippen molar-refractivity contribution < 1.29 is 14.7 Å². The second-order valence-electron chi connectivity index (χ2n) is 9.98. The van der Waals surface area contributed by atoms with Crippen LogP contribution in [0.1, 0.15) is 11.1 Å². The minimum Gasteiger partial charge on any atom is -0.480 e. The van der Waals surface area contributed by atoms with Gasteiger partial charge in [0.2, 0.25) is 5.91 Å². The Morgan fingerprint density at radius 2 is 1.68 bits per heavy atom. The summed E-state index contributed by atoms with van der Waals surface area (Å²) in [4.78, 5) is 30.0. The Bertz CT molecular complexity index is 1900. The van der Waals surface area contributed by atoms with Gasteiger partial charge in [0.05, 0.1) is 11.4 Å². The predicted molar refractivity (Wildman–Crippen MR) is 162 cm³/mol. The van der Waals surface area contributed by atoms with Gasteiger partial charge in [0, 0.05) is 54.0 Å². The van der Waals surface area contributed by atoms with Crippen LogP contribution >= 0.6 is 0 Å². The maximum Gasteiger partial charge on any atom is 0.326 e. The molecule has 0 radical (unpaired) electrons. The molecule has 0 saturated heterocycles. The van der Waals surface area contributed by atoms with Crippen LogP contribution < -0.4 is 0 Å². The molecule has 2 aromatic heterocycles. The molecule has 6 aromatic rings. The van der Waals surface area contributed by atoms with Gasteiger partial charge < -0.3 is 15.0 Å². The molecule has 202 valence electrons. The molecule has 0 aliphatic heterocycles. The molecule has 0 spiro atoms. The molecular formula is C34H28N4O3. The summed E-state index contributed by atoms with van der Waals surface area (Å²) in [5.41, 5.74) is 5.05. The smallest absolute Gasteiger partial charge is 0.326 e. The zero-order valence-corrected chi connectivity index (χ0v) is 22.4. The number of fused-ring (bicyclic) bond motifs is 2. The number of benzene rings is 4. The summed E-state index contributed by atoms with van der Waals surface area (Å²) in [6, 6.07) is 30.7. The van der Waals surface area contributed by atoms with Crippen molar-refractivity contribution in [2.75, 3.05) is 7.05 Å². The number of aromatic nitrogens is 3. The molecule has 7 heteroatoms. The van der Waals surface area contributed by atoms with Gasteiger partial charge in [-0.15, -0.1) is 0 Å². The molecule has 4 aromatic carbocycles. The van der Waals surface area contributed by atoms with Gasteiger partial charge >= 0.3 is 5.97 Å². The highest BCUT2D eigenvalue weighted by Crippen LogP contribution is 2.28. The molecule has 0 aliphatic carbocycles. The van der Waals surface area contributed by atoms with Crippen LogP contribution in [0.2, 0.25) is 0 Å². The van der Waals surface area contributed by atoms with Crippen LogP contribution in [0.4, 0.5) is 0 Å². The number of nitrogens with one attached hydrogen (secondary N) is 1. The molecule has 7 nitrogen and oxygen atoms in total. The van der Waals surface area contributed by atoms with E-state index in [0.717, 1.165) is 49.7 Å². The Morgan fingerprint density at radius 1 is 0.951 bits per heavy atom. The lowest BCUT2D eigenvalue weighted by atomic mass is 10.0. The first-order valence-electron chi connectivity index (χ1n) is 13.3. The number of hydrogen-bond donors (Lipinski definition) is 2. The van der Waals surface area contributed by atoms with Crippen molar-refractivity contribution in [1.82, 2.24) is 19.7 Å². The van der Waals surface area contributed by atoms with E-state index in [1.54, 1.807) is 10.8 Å². The van der Waals surface area contributed by atoms with Gasteiger partial charge in [-0.3, -0.25) is 4.79 Å². The molecule has 0 bridgehead atoms. The SMILES string of the molecule is CN(C(=O)/C=C/c1cn(-c2ccccc2)nc1-c1ccc2ccccc2c1)[C@H](Cc1c[nH]c2ccccc12)C(=O)O. The maximum atomic E-state index is 13.3. The molecule has 0 fully saturated rings. The van der Waals surface area contributed by atoms with Gasteiger partial charge in [0.25, 0.3) is 0 Å². The van der Waals surface area contributed by atoms with E-state index in [-0.39, 0.29) is 6.42 Å². The fourth-order valence-electron chi connectivity index (χ4n) is 5.11. The van der Waals surface area contributed by atoms with Crippen LogP contribution in [0.5, 0.6) is 0 Å². The van der Waals surface area contributed by atoms with Crippen molar-refractivity contribution >= 4 is 39.6 Å².